The number of carbonyl (C=O) groups is 1. The van der Waals surface area contributed by atoms with Crippen molar-refractivity contribution in [2.24, 2.45) is 0 Å². The van der Waals surface area contributed by atoms with Crippen LogP contribution < -0.4 is 9.47 Å². The van der Waals surface area contributed by atoms with E-state index in [4.69, 9.17) is 9.47 Å². The van der Waals surface area contributed by atoms with Crippen LogP contribution in [0.2, 0.25) is 0 Å². The lowest BCUT2D eigenvalue weighted by Crippen LogP contribution is -2.27. The van der Waals surface area contributed by atoms with Crippen molar-refractivity contribution in [3.8, 4) is 17.2 Å². The van der Waals surface area contributed by atoms with E-state index in [1.54, 1.807) is 13.2 Å². The SMILES string of the molecule is COc1ccc(C(C)(C)C(=O)/C=C/c2cccc(Oc3ccccc3)c2)cc1. The van der Waals surface area contributed by atoms with E-state index >= 15 is 0 Å². The van der Waals surface area contributed by atoms with Gasteiger partial charge in [-0.2, -0.15) is 0 Å². The molecular weight excluding hydrogens is 348 g/mol. The van der Waals surface area contributed by atoms with Gasteiger partial charge in [-0.3, -0.25) is 4.79 Å². The molecular formula is C25H24O3. The minimum absolute atomic E-state index is 0.0343. The second kappa shape index (κ2) is 8.57. The Morgan fingerprint density at radius 3 is 2.18 bits per heavy atom. The molecule has 0 bridgehead atoms. The van der Waals surface area contributed by atoms with E-state index in [1.165, 1.54) is 0 Å². The first-order chi connectivity index (χ1) is 13.5. The number of carbonyl (C=O) groups excluding carboxylic acids is 1. The summed E-state index contributed by atoms with van der Waals surface area (Å²) in [6.07, 6.45) is 3.46. The Morgan fingerprint density at radius 1 is 0.821 bits per heavy atom. The lowest BCUT2D eigenvalue weighted by atomic mass is 9.80. The van der Waals surface area contributed by atoms with Crippen molar-refractivity contribution < 1.29 is 14.3 Å². The monoisotopic (exact) mass is 372 g/mol. The zero-order valence-corrected chi connectivity index (χ0v) is 16.4. The average molecular weight is 372 g/mol. The Kier molecular flexibility index (Phi) is 5.95. The Morgan fingerprint density at radius 2 is 1.50 bits per heavy atom. The summed E-state index contributed by atoms with van der Waals surface area (Å²) >= 11 is 0. The molecule has 0 spiro atoms. The first-order valence-corrected chi connectivity index (χ1v) is 9.19. The number of allylic oxidation sites excluding steroid dienone is 1. The quantitative estimate of drug-likeness (QED) is 0.474. The third-order valence-corrected chi connectivity index (χ3v) is 4.69. The molecule has 28 heavy (non-hydrogen) atoms. The number of para-hydroxylation sites is 1. The highest BCUT2D eigenvalue weighted by molar-refractivity contribution is 6.01. The van der Waals surface area contributed by atoms with Gasteiger partial charge in [-0.25, -0.2) is 0 Å². The molecule has 142 valence electrons. The molecule has 0 atom stereocenters. The molecule has 3 rings (SSSR count). The van der Waals surface area contributed by atoms with E-state index < -0.39 is 5.41 Å². The van der Waals surface area contributed by atoms with E-state index in [0.29, 0.717) is 0 Å². The molecule has 0 unspecified atom stereocenters. The molecule has 0 saturated heterocycles. The van der Waals surface area contributed by atoms with Gasteiger partial charge < -0.3 is 9.47 Å². The molecule has 3 aromatic carbocycles. The number of hydrogen-bond donors (Lipinski definition) is 0. The normalized spacial score (nSPS) is 11.4. The van der Waals surface area contributed by atoms with Crippen molar-refractivity contribution in [2.75, 3.05) is 7.11 Å². The van der Waals surface area contributed by atoms with Crippen molar-refractivity contribution in [3.63, 3.8) is 0 Å². The Balaban J connectivity index is 1.73. The first kappa shape index (κ1) is 19.4. The van der Waals surface area contributed by atoms with Crippen LogP contribution in [0.3, 0.4) is 0 Å². The highest BCUT2D eigenvalue weighted by Gasteiger charge is 2.27. The molecule has 0 amide bonds. The zero-order chi connectivity index (χ0) is 20.0. The average Bonchev–Trinajstić information content (AvgIpc) is 2.73. The predicted molar refractivity (Wildman–Crippen MR) is 113 cm³/mol. The van der Waals surface area contributed by atoms with Crippen molar-refractivity contribution in [3.05, 3.63) is 96.1 Å². The van der Waals surface area contributed by atoms with Crippen molar-refractivity contribution in [1.29, 1.82) is 0 Å². The molecule has 0 aliphatic carbocycles. The molecule has 0 fully saturated rings. The lowest BCUT2D eigenvalue weighted by molar-refractivity contribution is -0.118. The van der Waals surface area contributed by atoms with Crippen molar-refractivity contribution in [2.45, 2.75) is 19.3 Å². The molecule has 0 N–H and O–H groups in total. The van der Waals surface area contributed by atoms with Crippen LogP contribution in [0.15, 0.2) is 84.9 Å². The van der Waals surface area contributed by atoms with Gasteiger partial charge in [0.1, 0.15) is 17.2 Å². The van der Waals surface area contributed by atoms with Crippen LogP contribution in [0.4, 0.5) is 0 Å². The van der Waals surface area contributed by atoms with Crippen LogP contribution >= 0.6 is 0 Å². The molecule has 3 heteroatoms. The highest BCUT2D eigenvalue weighted by atomic mass is 16.5. The first-order valence-electron chi connectivity index (χ1n) is 9.19. The second-order valence-electron chi connectivity index (χ2n) is 7.04. The van der Waals surface area contributed by atoms with E-state index in [0.717, 1.165) is 28.4 Å². The fraction of sp³-hybridized carbons (Fsp3) is 0.160. The summed E-state index contributed by atoms with van der Waals surface area (Å²) in [5.41, 5.74) is 1.23. The van der Waals surface area contributed by atoms with Gasteiger partial charge in [0, 0.05) is 0 Å². The lowest BCUT2D eigenvalue weighted by Gasteiger charge is -2.22. The summed E-state index contributed by atoms with van der Waals surface area (Å²) in [7, 11) is 1.63. The molecule has 0 saturated carbocycles. The molecule has 0 radical (unpaired) electrons. The maximum atomic E-state index is 12.8. The number of ketones is 1. The summed E-state index contributed by atoms with van der Waals surface area (Å²) in [6.45, 7) is 3.85. The van der Waals surface area contributed by atoms with E-state index in [2.05, 4.69) is 0 Å². The van der Waals surface area contributed by atoms with Gasteiger partial charge in [-0.15, -0.1) is 0 Å². The van der Waals surface area contributed by atoms with Crippen LogP contribution in [-0.4, -0.2) is 12.9 Å². The van der Waals surface area contributed by atoms with Crippen LogP contribution in [0.25, 0.3) is 6.08 Å². The number of methoxy groups -OCH3 is 1. The smallest absolute Gasteiger partial charge is 0.165 e. The molecule has 3 nitrogen and oxygen atoms in total. The number of ether oxygens (including phenoxy) is 2. The number of hydrogen-bond acceptors (Lipinski definition) is 3. The van der Waals surface area contributed by atoms with Crippen LogP contribution in [0.5, 0.6) is 17.2 Å². The number of rotatable bonds is 7. The summed E-state index contributed by atoms with van der Waals surface area (Å²) in [6, 6.07) is 24.9. The Labute approximate surface area is 166 Å². The predicted octanol–water partition coefficient (Wildman–Crippen LogP) is 6.05. The van der Waals surface area contributed by atoms with E-state index in [-0.39, 0.29) is 5.78 Å². The molecule has 0 heterocycles. The fourth-order valence-electron chi connectivity index (χ4n) is 2.84. The standard InChI is InChI=1S/C25H24O3/c1-25(2,20-13-15-21(27-3)16-14-20)24(26)17-12-19-8-7-11-23(18-19)28-22-9-5-4-6-10-22/h4-18H,1-3H3/b17-12+. The van der Waals surface area contributed by atoms with Gasteiger partial charge in [0.2, 0.25) is 0 Å². The minimum atomic E-state index is -0.624. The van der Waals surface area contributed by atoms with E-state index in [1.807, 2.05) is 98.8 Å². The van der Waals surface area contributed by atoms with Crippen molar-refractivity contribution in [1.82, 2.24) is 0 Å². The summed E-state index contributed by atoms with van der Waals surface area (Å²) < 4.78 is 11.0. The minimum Gasteiger partial charge on any atom is -0.497 e. The maximum absolute atomic E-state index is 12.8. The van der Waals surface area contributed by atoms with Crippen LogP contribution in [0, 0.1) is 0 Å². The molecule has 3 aromatic rings. The van der Waals surface area contributed by atoms with Gasteiger partial charge in [-0.1, -0.05) is 48.5 Å². The van der Waals surface area contributed by atoms with Crippen LogP contribution in [-0.2, 0) is 10.2 Å². The van der Waals surface area contributed by atoms with Gasteiger partial charge in [-0.05, 0) is 67.4 Å². The molecule has 0 aliphatic rings. The van der Waals surface area contributed by atoms with Gasteiger partial charge in [0.15, 0.2) is 5.78 Å². The molecule has 0 aliphatic heterocycles. The Hall–Kier alpha value is -3.33. The summed E-state index contributed by atoms with van der Waals surface area (Å²) in [5.74, 6) is 2.32. The second-order valence-corrected chi connectivity index (χ2v) is 7.04. The maximum Gasteiger partial charge on any atom is 0.165 e. The van der Waals surface area contributed by atoms with E-state index in [9.17, 15) is 4.79 Å². The largest absolute Gasteiger partial charge is 0.497 e. The van der Waals surface area contributed by atoms with Gasteiger partial charge >= 0.3 is 0 Å². The highest BCUT2D eigenvalue weighted by Crippen LogP contribution is 2.27. The summed E-state index contributed by atoms with van der Waals surface area (Å²) in [4.78, 5) is 12.8. The third kappa shape index (κ3) is 4.68. The summed E-state index contributed by atoms with van der Waals surface area (Å²) in [5, 5.41) is 0. The Bertz CT molecular complexity index is 955. The number of benzene rings is 3. The van der Waals surface area contributed by atoms with Gasteiger partial charge in [0.05, 0.1) is 12.5 Å². The molecule has 0 aromatic heterocycles. The van der Waals surface area contributed by atoms with Crippen molar-refractivity contribution >= 4 is 11.9 Å². The fourth-order valence-corrected chi connectivity index (χ4v) is 2.84. The zero-order valence-electron chi connectivity index (χ0n) is 16.4. The van der Waals surface area contributed by atoms with Gasteiger partial charge in [0.25, 0.3) is 0 Å². The third-order valence-electron chi connectivity index (χ3n) is 4.69. The van der Waals surface area contributed by atoms with Crippen LogP contribution in [0.1, 0.15) is 25.0 Å². The topological polar surface area (TPSA) is 35.5 Å².